The normalized spacial score (nSPS) is 17.0. The molecule has 0 atom stereocenters. The van der Waals surface area contributed by atoms with Crippen LogP contribution in [0.1, 0.15) is 21.6 Å². The molecule has 2 aliphatic rings. The maximum Gasteiger partial charge on any atom is 0.255 e. The number of aromatic nitrogens is 2. The lowest BCUT2D eigenvalue weighted by molar-refractivity contribution is 0.0749. The third kappa shape index (κ3) is 2.89. The van der Waals surface area contributed by atoms with Gasteiger partial charge in [0.1, 0.15) is 0 Å². The molecule has 1 amide bonds. The summed E-state index contributed by atoms with van der Waals surface area (Å²) < 4.78 is 6.18. The third-order valence-electron chi connectivity index (χ3n) is 4.33. The van der Waals surface area contributed by atoms with E-state index in [0.29, 0.717) is 31.9 Å². The van der Waals surface area contributed by atoms with Gasteiger partial charge in [0.25, 0.3) is 5.91 Å². The van der Waals surface area contributed by atoms with E-state index in [1.807, 2.05) is 35.4 Å². The Morgan fingerprint density at radius 1 is 1.17 bits per heavy atom. The highest BCUT2D eigenvalue weighted by molar-refractivity contribution is 9.10. The summed E-state index contributed by atoms with van der Waals surface area (Å²) in [5, 5.41) is 0. The fraction of sp³-hybridized carbons (Fsp3) is 0.353. The molecular formula is C17H17BrN4O2. The molecule has 6 nitrogen and oxygen atoms in total. The molecule has 124 valence electrons. The molecule has 0 unspecified atom stereocenters. The van der Waals surface area contributed by atoms with Crippen LogP contribution < -0.4 is 4.90 Å². The number of carbonyl (C=O) groups excluding carboxylic acids is 1. The van der Waals surface area contributed by atoms with Gasteiger partial charge in [0.05, 0.1) is 31.0 Å². The zero-order valence-corrected chi connectivity index (χ0v) is 14.7. The lowest BCUT2D eigenvalue weighted by Gasteiger charge is -2.26. The molecule has 0 N–H and O–H groups in total. The Bertz CT molecular complexity index is 777. The first-order chi connectivity index (χ1) is 11.7. The highest BCUT2D eigenvalue weighted by atomic mass is 79.9. The van der Waals surface area contributed by atoms with Gasteiger partial charge in [-0.1, -0.05) is 12.1 Å². The summed E-state index contributed by atoms with van der Waals surface area (Å²) in [7, 11) is 0. The second-order valence-corrected chi connectivity index (χ2v) is 6.74. The number of fused-ring (bicyclic) bond motifs is 1. The number of benzene rings is 1. The van der Waals surface area contributed by atoms with Crippen LogP contribution in [0.4, 0.5) is 5.95 Å². The molecule has 1 saturated heterocycles. The SMILES string of the molecule is O=C(c1ccccc1Br)N1Cc2cnc(N3CCOCC3)nc2C1. The minimum Gasteiger partial charge on any atom is -0.378 e. The van der Waals surface area contributed by atoms with Gasteiger partial charge >= 0.3 is 0 Å². The molecule has 2 aliphatic heterocycles. The average molecular weight is 389 g/mol. The number of hydrogen-bond acceptors (Lipinski definition) is 5. The fourth-order valence-electron chi connectivity index (χ4n) is 3.01. The van der Waals surface area contributed by atoms with Gasteiger partial charge in [-0.25, -0.2) is 9.97 Å². The van der Waals surface area contributed by atoms with Crippen LogP contribution in [0.15, 0.2) is 34.9 Å². The van der Waals surface area contributed by atoms with Crippen LogP contribution in [0.5, 0.6) is 0 Å². The fourth-order valence-corrected chi connectivity index (χ4v) is 3.46. The lowest BCUT2D eigenvalue weighted by atomic mass is 10.2. The number of halogens is 1. The van der Waals surface area contributed by atoms with Gasteiger partial charge in [-0.15, -0.1) is 0 Å². The molecule has 2 aromatic rings. The van der Waals surface area contributed by atoms with Crippen molar-refractivity contribution in [3.05, 3.63) is 51.8 Å². The van der Waals surface area contributed by atoms with Gasteiger partial charge in [-0.3, -0.25) is 4.79 Å². The maximum absolute atomic E-state index is 12.7. The summed E-state index contributed by atoms with van der Waals surface area (Å²) >= 11 is 3.45. The average Bonchev–Trinajstić information content (AvgIpc) is 3.05. The maximum atomic E-state index is 12.7. The summed E-state index contributed by atoms with van der Waals surface area (Å²) in [6, 6.07) is 7.49. The number of anilines is 1. The van der Waals surface area contributed by atoms with Crippen molar-refractivity contribution in [2.75, 3.05) is 31.2 Å². The Hall–Kier alpha value is -1.99. The van der Waals surface area contributed by atoms with Crippen molar-refractivity contribution in [3.8, 4) is 0 Å². The van der Waals surface area contributed by atoms with E-state index in [1.54, 1.807) is 0 Å². The molecule has 0 spiro atoms. The number of nitrogens with zero attached hydrogens (tertiary/aromatic N) is 4. The first-order valence-corrected chi connectivity index (χ1v) is 8.73. The van der Waals surface area contributed by atoms with E-state index in [0.717, 1.165) is 34.8 Å². The van der Waals surface area contributed by atoms with E-state index in [1.165, 1.54) is 0 Å². The van der Waals surface area contributed by atoms with Crippen LogP contribution >= 0.6 is 15.9 Å². The number of amides is 1. The first-order valence-electron chi connectivity index (χ1n) is 7.93. The number of rotatable bonds is 2. The molecule has 1 aromatic carbocycles. The van der Waals surface area contributed by atoms with Crippen molar-refractivity contribution in [3.63, 3.8) is 0 Å². The highest BCUT2D eigenvalue weighted by Crippen LogP contribution is 2.26. The quantitative estimate of drug-likeness (QED) is 0.789. The summed E-state index contributed by atoms with van der Waals surface area (Å²) in [5.74, 6) is 0.737. The van der Waals surface area contributed by atoms with E-state index >= 15 is 0 Å². The molecule has 4 rings (SSSR count). The predicted octanol–water partition coefficient (Wildman–Crippen LogP) is 2.23. The Labute approximate surface area is 148 Å². The molecule has 24 heavy (non-hydrogen) atoms. The number of carbonyl (C=O) groups is 1. The summed E-state index contributed by atoms with van der Waals surface area (Å²) in [4.78, 5) is 25.8. The van der Waals surface area contributed by atoms with E-state index in [2.05, 4.69) is 30.8 Å². The minimum atomic E-state index is 0.00778. The van der Waals surface area contributed by atoms with Gasteiger partial charge in [0.2, 0.25) is 5.95 Å². The topological polar surface area (TPSA) is 58.6 Å². The predicted molar refractivity (Wildman–Crippen MR) is 92.8 cm³/mol. The molecule has 3 heterocycles. The Balaban J connectivity index is 1.53. The van der Waals surface area contributed by atoms with Crippen molar-refractivity contribution in [2.45, 2.75) is 13.1 Å². The lowest BCUT2D eigenvalue weighted by Crippen LogP contribution is -2.37. The molecule has 0 radical (unpaired) electrons. The van der Waals surface area contributed by atoms with E-state index in [4.69, 9.17) is 4.74 Å². The summed E-state index contributed by atoms with van der Waals surface area (Å²) in [5.41, 5.74) is 2.63. The van der Waals surface area contributed by atoms with Gasteiger partial charge in [-0.2, -0.15) is 0 Å². The zero-order valence-electron chi connectivity index (χ0n) is 13.1. The zero-order chi connectivity index (χ0) is 16.5. The second kappa shape index (κ2) is 6.49. The van der Waals surface area contributed by atoms with Crippen LogP contribution in [0, 0.1) is 0 Å². The van der Waals surface area contributed by atoms with Crippen molar-refractivity contribution < 1.29 is 9.53 Å². The Morgan fingerprint density at radius 2 is 1.96 bits per heavy atom. The standard InChI is InChI=1S/C17H17BrN4O2/c18-14-4-2-1-3-13(14)16(23)22-10-12-9-19-17(20-15(12)11-22)21-5-7-24-8-6-21/h1-4,9H,5-8,10-11H2. The molecule has 7 heteroatoms. The number of morpholine rings is 1. The molecule has 0 aliphatic carbocycles. The van der Waals surface area contributed by atoms with Crippen molar-refractivity contribution in [1.29, 1.82) is 0 Å². The van der Waals surface area contributed by atoms with Crippen LogP contribution in [0.25, 0.3) is 0 Å². The molecule has 0 bridgehead atoms. The number of hydrogen-bond donors (Lipinski definition) is 0. The van der Waals surface area contributed by atoms with Gasteiger partial charge in [0.15, 0.2) is 0 Å². The van der Waals surface area contributed by atoms with Crippen LogP contribution in [-0.4, -0.2) is 47.1 Å². The first kappa shape index (κ1) is 15.5. The molecular weight excluding hydrogens is 372 g/mol. The number of ether oxygens (including phenoxy) is 1. The van der Waals surface area contributed by atoms with Gasteiger partial charge in [-0.05, 0) is 28.1 Å². The molecule has 1 fully saturated rings. The van der Waals surface area contributed by atoms with Crippen LogP contribution in [0.2, 0.25) is 0 Å². The second-order valence-electron chi connectivity index (χ2n) is 5.88. The van der Waals surface area contributed by atoms with Crippen molar-refractivity contribution in [1.82, 2.24) is 14.9 Å². The van der Waals surface area contributed by atoms with E-state index in [-0.39, 0.29) is 5.91 Å². The van der Waals surface area contributed by atoms with E-state index in [9.17, 15) is 4.79 Å². The van der Waals surface area contributed by atoms with Crippen LogP contribution in [-0.2, 0) is 17.8 Å². The van der Waals surface area contributed by atoms with E-state index < -0.39 is 0 Å². The third-order valence-corrected chi connectivity index (χ3v) is 5.02. The van der Waals surface area contributed by atoms with Crippen molar-refractivity contribution in [2.24, 2.45) is 0 Å². The largest absolute Gasteiger partial charge is 0.378 e. The molecule has 0 saturated carbocycles. The Morgan fingerprint density at radius 3 is 2.75 bits per heavy atom. The highest BCUT2D eigenvalue weighted by Gasteiger charge is 2.28. The monoisotopic (exact) mass is 388 g/mol. The summed E-state index contributed by atoms with van der Waals surface area (Å²) in [6.45, 7) is 4.09. The van der Waals surface area contributed by atoms with Crippen molar-refractivity contribution >= 4 is 27.8 Å². The summed E-state index contributed by atoms with van der Waals surface area (Å²) in [6.07, 6.45) is 1.85. The minimum absolute atomic E-state index is 0.00778. The van der Waals surface area contributed by atoms with Gasteiger partial charge < -0.3 is 14.5 Å². The molecule has 1 aromatic heterocycles. The van der Waals surface area contributed by atoms with Gasteiger partial charge in [0, 0.05) is 35.9 Å². The smallest absolute Gasteiger partial charge is 0.255 e. The van der Waals surface area contributed by atoms with Crippen LogP contribution in [0.3, 0.4) is 0 Å². The Kier molecular flexibility index (Phi) is 4.20.